The van der Waals surface area contributed by atoms with Gasteiger partial charge >= 0.3 is 0 Å². The molecular weight excluding hydrogens is 372 g/mol. The zero-order chi connectivity index (χ0) is 20.0. The highest BCUT2D eigenvalue weighted by Crippen LogP contribution is 2.25. The van der Waals surface area contributed by atoms with Crippen LogP contribution < -0.4 is 24.2 Å². The molecule has 146 valence electrons. The summed E-state index contributed by atoms with van der Waals surface area (Å²) in [7, 11) is 2.01. The molecule has 0 heterocycles. The van der Waals surface area contributed by atoms with Crippen LogP contribution in [0.15, 0.2) is 41.3 Å². The number of ether oxygens (including phenoxy) is 3. The van der Waals surface area contributed by atoms with Gasteiger partial charge in [0.15, 0.2) is 0 Å². The van der Waals surface area contributed by atoms with Gasteiger partial charge in [0, 0.05) is 19.2 Å². The molecule has 9 heteroatoms. The highest BCUT2D eigenvalue weighted by atomic mass is 32.2. The van der Waals surface area contributed by atoms with Crippen molar-refractivity contribution in [1.82, 2.24) is 10.0 Å². The van der Waals surface area contributed by atoms with Crippen LogP contribution in [0, 0.1) is 0 Å². The first-order chi connectivity index (χ1) is 12.9. The predicted octanol–water partition coefficient (Wildman–Crippen LogP) is 1.55. The number of hydrogen-bond donors (Lipinski definition) is 2. The lowest BCUT2D eigenvalue weighted by Gasteiger charge is -2.13. The summed E-state index contributed by atoms with van der Waals surface area (Å²) in [6, 6.07) is 9.17. The van der Waals surface area contributed by atoms with Gasteiger partial charge in [0.2, 0.25) is 10.0 Å². The van der Waals surface area contributed by atoms with Gasteiger partial charge in [-0.05, 0) is 36.4 Å². The van der Waals surface area contributed by atoms with Crippen molar-refractivity contribution in [2.45, 2.75) is 11.4 Å². The van der Waals surface area contributed by atoms with Crippen molar-refractivity contribution in [1.29, 1.82) is 0 Å². The van der Waals surface area contributed by atoms with Crippen molar-refractivity contribution in [3.8, 4) is 17.2 Å². The molecule has 8 nitrogen and oxygen atoms in total. The predicted molar refractivity (Wildman–Crippen MR) is 100.0 cm³/mol. The van der Waals surface area contributed by atoms with Gasteiger partial charge in [-0.1, -0.05) is 0 Å². The third kappa shape index (κ3) is 4.69. The lowest BCUT2D eigenvalue weighted by Crippen LogP contribution is -2.25. The fourth-order valence-electron chi connectivity index (χ4n) is 2.44. The molecule has 0 saturated carbocycles. The van der Waals surface area contributed by atoms with Crippen molar-refractivity contribution in [2.24, 2.45) is 0 Å². The van der Waals surface area contributed by atoms with E-state index in [0.29, 0.717) is 17.1 Å². The Kier molecular flexibility index (Phi) is 6.65. The van der Waals surface area contributed by atoms with Crippen LogP contribution >= 0.6 is 0 Å². The van der Waals surface area contributed by atoms with Crippen LogP contribution in [-0.4, -0.2) is 42.7 Å². The van der Waals surface area contributed by atoms with Gasteiger partial charge in [0.1, 0.15) is 17.2 Å². The van der Waals surface area contributed by atoms with Crippen molar-refractivity contribution < 1.29 is 27.4 Å². The van der Waals surface area contributed by atoms with E-state index in [2.05, 4.69) is 10.0 Å². The zero-order valence-electron chi connectivity index (χ0n) is 15.5. The first-order valence-electron chi connectivity index (χ1n) is 7.97. The SMILES string of the molecule is CNC(=O)c1cc(S(=O)(=O)NCc2cc(OC)ccc2OC)ccc1OC. The van der Waals surface area contributed by atoms with Crippen LogP contribution in [0.25, 0.3) is 0 Å². The van der Waals surface area contributed by atoms with E-state index in [-0.39, 0.29) is 22.8 Å². The third-order valence-electron chi connectivity index (χ3n) is 3.89. The van der Waals surface area contributed by atoms with E-state index < -0.39 is 15.9 Å². The lowest BCUT2D eigenvalue weighted by atomic mass is 10.2. The molecule has 2 rings (SSSR count). The average molecular weight is 394 g/mol. The van der Waals surface area contributed by atoms with Gasteiger partial charge in [-0.2, -0.15) is 0 Å². The summed E-state index contributed by atoms with van der Waals surface area (Å²) in [6.45, 7) is -0.00988. The van der Waals surface area contributed by atoms with E-state index in [1.54, 1.807) is 18.2 Å². The van der Waals surface area contributed by atoms with Crippen LogP contribution in [0.1, 0.15) is 15.9 Å². The largest absolute Gasteiger partial charge is 0.497 e. The molecular formula is C18H22N2O6S. The molecule has 0 saturated heterocycles. The first-order valence-corrected chi connectivity index (χ1v) is 9.45. The fourth-order valence-corrected chi connectivity index (χ4v) is 3.47. The fraction of sp³-hybridized carbons (Fsp3) is 0.278. The highest BCUT2D eigenvalue weighted by Gasteiger charge is 2.20. The maximum absolute atomic E-state index is 12.7. The summed E-state index contributed by atoms with van der Waals surface area (Å²) in [4.78, 5) is 11.9. The Hall–Kier alpha value is -2.78. The molecule has 2 aromatic rings. The number of amides is 1. The molecule has 0 aromatic heterocycles. The molecule has 0 aliphatic rings. The molecule has 0 bridgehead atoms. The average Bonchev–Trinajstić information content (AvgIpc) is 2.70. The first kappa shape index (κ1) is 20.5. The minimum Gasteiger partial charge on any atom is -0.497 e. The number of carbonyl (C=O) groups excluding carboxylic acids is 1. The molecule has 0 aliphatic carbocycles. The molecule has 1 amide bonds. The van der Waals surface area contributed by atoms with E-state index in [1.165, 1.54) is 46.6 Å². The number of benzene rings is 2. The summed E-state index contributed by atoms with van der Waals surface area (Å²) in [5.74, 6) is 0.941. The molecule has 2 N–H and O–H groups in total. The van der Waals surface area contributed by atoms with Gasteiger partial charge in [-0.25, -0.2) is 13.1 Å². The maximum atomic E-state index is 12.7. The topological polar surface area (TPSA) is 103 Å². The van der Waals surface area contributed by atoms with E-state index in [4.69, 9.17) is 14.2 Å². The monoisotopic (exact) mass is 394 g/mol. The second kappa shape index (κ2) is 8.74. The Morgan fingerprint density at radius 1 is 0.963 bits per heavy atom. The molecule has 0 unspecified atom stereocenters. The Balaban J connectivity index is 2.31. The van der Waals surface area contributed by atoms with Crippen LogP contribution in [0.5, 0.6) is 17.2 Å². The summed E-state index contributed by atoms with van der Waals surface area (Å²) in [5.41, 5.74) is 0.738. The van der Waals surface area contributed by atoms with Crippen molar-refractivity contribution >= 4 is 15.9 Å². The van der Waals surface area contributed by atoms with Gasteiger partial charge in [0.25, 0.3) is 5.91 Å². The molecule has 0 spiro atoms. The van der Waals surface area contributed by atoms with E-state index >= 15 is 0 Å². The molecule has 0 atom stereocenters. The Morgan fingerprint density at radius 3 is 2.22 bits per heavy atom. The summed E-state index contributed by atoms with van der Waals surface area (Å²) < 4.78 is 43.4. The molecule has 0 fully saturated rings. The normalized spacial score (nSPS) is 11.0. The quantitative estimate of drug-likeness (QED) is 0.704. The summed E-state index contributed by atoms with van der Waals surface area (Å²) >= 11 is 0. The number of methoxy groups -OCH3 is 3. The zero-order valence-corrected chi connectivity index (χ0v) is 16.3. The van der Waals surface area contributed by atoms with Gasteiger partial charge in [-0.15, -0.1) is 0 Å². The van der Waals surface area contributed by atoms with Gasteiger partial charge in [0.05, 0.1) is 31.8 Å². The van der Waals surface area contributed by atoms with Crippen molar-refractivity contribution in [3.05, 3.63) is 47.5 Å². The number of rotatable bonds is 8. The number of carbonyl (C=O) groups is 1. The second-order valence-corrected chi connectivity index (χ2v) is 7.21. The van der Waals surface area contributed by atoms with Crippen LogP contribution in [0.3, 0.4) is 0 Å². The number of hydrogen-bond acceptors (Lipinski definition) is 6. The summed E-state index contributed by atoms with van der Waals surface area (Å²) in [6.07, 6.45) is 0. The molecule has 0 aliphatic heterocycles. The van der Waals surface area contributed by atoms with E-state index in [9.17, 15) is 13.2 Å². The minimum absolute atomic E-state index is 0.00988. The minimum atomic E-state index is -3.87. The highest BCUT2D eigenvalue weighted by molar-refractivity contribution is 7.89. The summed E-state index contributed by atoms with van der Waals surface area (Å²) in [5, 5.41) is 2.46. The third-order valence-corrected chi connectivity index (χ3v) is 5.29. The molecule has 2 aromatic carbocycles. The second-order valence-electron chi connectivity index (χ2n) is 5.44. The van der Waals surface area contributed by atoms with Crippen LogP contribution in [0.4, 0.5) is 0 Å². The smallest absolute Gasteiger partial charge is 0.254 e. The van der Waals surface area contributed by atoms with Gasteiger partial charge in [-0.3, -0.25) is 4.79 Å². The van der Waals surface area contributed by atoms with E-state index in [0.717, 1.165) is 0 Å². The van der Waals surface area contributed by atoms with Gasteiger partial charge < -0.3 is 19.5 Å². The Morgan fingerprint density at radius 2 is 1.63 bits per heavy atom. The number of nitrogens with one attached hydrogen (secondary N) is 2. The van der Waals surface area contributed by atoms with Crippen molar-refractivity contribution in [2.75, 3.05) is 28.4 Å². The Labute approximate surface area is 158 Å². The van der Waals surface area contributed by atoms with Crippen LogP contribution in [0.2, 0.25) is 0 Å². The molecule has 27 heavy (non-hydrogen) atoms. The van der Waals surface area contributed by atoms with E-state index in [1.807, 2.05) is 0 Å². The van der Waals surface area contributed by atoms with Crippen molar-refractivity contribution in [3.63, 3.8) is 0 Å². The van der Waals surface area contributed by atoms with Crippen LogP contribution in [-0.2, 0) is 16.6 Å². The maximum Gasteiger partial charge on any atom is 0.254 e. The lowest BCUT2D eigenvalue weighted by molar-refractivity contribution is 0.0960. The standard InChI is InChI=1S/C18H22N2O6S/c1-19-18(21)15-10-14(6-8-17(15)26-4)27(22,23)20-11-12-9-13(24-2)5-7-16(12)25-3/h5-10,20H,11H2,1-4H3,(H,19,21). The Bertz CT molecular complexity index is 927. The number of sulfonamides is 1. The molecule has 0 radical (unpaired) electrons.